The zero-order chi connectivity index (χ0) is 10.6. The minimum absolute atomic E-state index is 0.375. The SMILES string of the molecule is COC(=O)C1=CC=C(/C=C/C(=O)O)C1. The Balaban J connectivity index is 2.53. The van der Waals surface area contributed by atoms with E-state index in [2.05, 4.69) is 4.74 Å². The number of carboxylic acids is 1. The quantitative estimate of drug-likeness (QED) is 0.539. The van der Waals surface area contributed by atoms with Gasteiger partial charge >= 0.3 is 11.9 Å². The topological polar surface area (TPSA) is 63.6 Å². The maximum absolute atomic E-state index is 11.0. The van der Waals surface area contributed by atoms with Crippen LogP contribution in [0.1, 0.15) is 6.42 Å². The molecule has 0 bridgehead atoms. The number of methoxy groups -OCH3 is 1. The molecule has 0 spiro atoms. The first kappa shape index (κ1) is 10.2. The predicted molar refractivity (Wildman–Crippen MR) is 49.6 cm³/mol. The number of hydrogen-bond donors (Lipinski definition) is 1. The number of ether oxygens (including phenoxy) is 1. The number of carbonyl (C=O) groups excluding carboxylic acids is 1. The third-order valence-electron chi connectivity index (χ3n) is 1.78. The number of carbonyl (C=O) groups is 2. The normalized spacial score (nSPS) is 15.2. The molecule has 0 aromatic rings. The third kappa shape index (κ3) is 2.58. The van der Waals surface area contributed by atoms with Gasteiger partial charge in [-0.1, -0.05) is 18.2 Å². The molecule has 0 radical (unpaired) electrons. The molecule has 0 heterocycles. The molecule has 0 saturated carbocycles. The van der Waals surface area contributed by atoms with Gasteiger partial charge in [0.05, 0.1) is 7.11 Å². The van der Waals surface area contributed by atoms with E-state index in [9.17, 15) is 9.59 Å². The van der Waals surface area contributed by atoms with Crippen molar-refractivity contribution in [1.29, 1.82) is 0 Å². The molecule has 74 valence electrons. The van der Waals surface area contributed by atoms with Crippen LogP contribution in [0, 0.1) is 0 Å². The molecule has 0 amide bonds. The van der Waals surface area contributed by atoms with E-state index in [1.165, 1.54) is 13.2 Å². The average molecular weight is 194 g/mol. The summed E-state index contributed by atoms with van der Waals surface area (Å²) in [6, 6.07) is 0. The zero-order valence-electron chi connectivity index (χ0n) is 7.69. The van der Waals surface area contributed by atoms with Gasteiger partial charge in [0.15, 0.2) is 0 Å². The Hall–Kier alpha value is -1.84. The summed E-state index contributed by atoms with van der Waals surface area (Å²) in [5, 5.41) is 8.37. The second kappa shape index (κ2) is 4.41. The van der Waals surface area contributed by atoms with E-state index in [0.717, 1.165) is 11.6 Å². The summed E-state index contributed by atoms with van der Waals surface area (Å²) in [6.07, 6.45) is 6.27. The minimum atomic E-state index is -1.00. The maximum Gasteiger partial charge on any atom is 0.334 e. The summed E-state index contributed by atoms with van der Waals surface area (Å²) in [6.45, 7) is 0. The Kier molecular flexibility index (Phi) is 3.23. The molecule has 4 heteroatoms. The van der Waals surface area contributed by atoms with Crippen LogP contribution >= 0.6 is 0 Å². The van der Waals surface area contributed by atoms with Crippen molar-refractivity contribution in [2.45, 2.75) is 6.42 Å². The van der Waals surface area contributed by atoms with Crippen molar-refractivity contribution < 1.29 is 19.4 Å². The lowest BCUT2D eigenvalue weighted by Gasteiger charge is -1.98. The third-order valence-corrected chi connectivity index (χ3v) is 1.78. The molecule has 1 N–H and O–H groups in total. The van der Waals surface area contributed by atoms with Crippen molar-refractivity contribution in [3.05, 3.63) is 35.5 Å². The summed E-state index contributed by atoms with van der Waals surface area (Å²) >= 11 is 0. The predicted octanol–water partition coefficient (Wildman–Crippen LogP) is 1.06. The van der Waals surface area contributed by atoms with E-state index in [-0.39, 0.29) is 5.97 Å². The van der Waals surface area contributed by atoms with Gasteiger partial charge in [0.2, 0.25) is 0 Å². The van der Waals surface area contributed by atoms with Crippen LogP contribution in [0.25, 0.3) is 0 Å². The van der Waals surface area contributed by atoms with Crippen molar-refractivity contribution in [3.63, 3.8) is 0 Å². The molecule has 0 aliphatic heterocycles. The first-order valence-electron chi connectivity index (χ1n) is 4.02. The van der Waals surface area contributed by atoms with E-state index >= 15 is 0 Å². The maximum atomic E-state index is 11.0. The van der Waals surface area contributed by atoms with Crippen LogP contribution in [0.15, 0.2) is 35.5 Å². The molecule has 1 aliphatic rings. The van der Waals surface area contributed by atoms with Crippen LogP contribution in [0.2, 0.25) is 0 Å². The van der Waals surface area contributed by atoms with Gasteiger partial charge in [0.25, 0.3) is 0 Å². The highest BCUT2D eigenvalue weighted by Crippen LogP contribution is 2.20. The second-order valence-electron chi connectivity index (χ2n) is 2.77. The number of aliphatic carboxylic acids is 1. The van der Waals surface area contributed by atoms with Crippen molar-refractivity contribution >= 4 is 11.9 Å². The summed E-state index contributed by atoms with van der Waals surface area (Å²) in [5.74, 6) is -1.38. The van der Waals surface area contributed by atoms with Crippen LogP contribution in [0.5, 0.6) is 0 Å². The smallest absolute Gasteiger partial charge is 0.334 e. The Morgan fingerprint density at radius 3 is 2.79 bits per heavy atom. The highest BCUT2D eigenvalue weighted by atomic mass is 16.5. The minimum Gasteiger partial charge on any atom is -0.478 e. The molecule has 0 aromatic heterocycles. The molecule has 0 unspecified atom stereocenters. The summed E-state index contributed by atoms with van der Waals surface area (Å²) in [4.78, 5) is 21.2. The van der Waals surface area contributed by atoms with Gasteiger partial charge in [-0.05, 0) is 5.57 Å². The first-order chi connectivity index (χ1) is 6.63. The lowest BCUT2D eigenvalue weighted by atomic mass is 10.1. The number of esters is 1. The Labute approximate surface area is 81.2 Å². The highest BCUT2D eigenvalue weighted by molar-refractivity contribution is 5.90. The van der Waals surface area contributed by atoms with E-state index in [0.29, 0.717) is 12.0 Å². The fourth-order valence-electron chi connectivity index (χ4n) is 1.11. The Morgan fingerprint density at radius 2 is 2.21 bits per heavy atom. The molecular weight excluding hydrogens is 184 g/mol. The van der Waals surface area contributed by atoms with Gasteiger partial charge in [-0.15, -0.1) is 0 Å². The molecule has 0 atom stereocenters. The van der Waals surface area contributed by atoms with E-state index < -0.39 is 5.97 Å². The largest absolute Gasteiger partial charge is 0.478 e. The van der Waals surface area contributed by atoms with Crippen molar-refractivity contribution in [2.75, 3.05) is 7.11 Å². The van der Waals surface area contributed by atoms with Crippen LogP contribution in [0.4, 0.5) is 0 Å². The standard InChI is InChI=1S/C10H10O4/c1-14-10(13)8-4-2-7(6-8)3-5-9(11)12/h2-5H,6H2,1H3,(H,11,12)/b5-3+. The molecule has 4 nitrogen and oxygen atoms in total. The second-order valence-corrected chi connectivity index (χ2v) is 2.77. The van der Waals surface area contributed by atoms with Gasteiger partial charge < -0.3 is 9.84 Å². The molecule has 0 fully saturated rings. The lowest BCUT2D eigenvalue weighted by molar-refractivity contribution is -0.136. The summed E-state index contributed by atoms with van der Waals surface area (Å²) in [7, 11) is 1.31. The van der Waals surface area contributed by atoms with E-state index in [1.807, 2.05) is 0 Å². The summed E-state index contributed by atoms with van der Waals surface area (Å²) in [5.41, 5.74) is 1.32. The molecule has 1 rings (SSSR count). The molecular formula is C10H10O4. The van der Waals surface area contributed by atoms with Gasteiger partial charge in [-0.3, -0.25) is 0 Å². The van der Waals surface area contributed by atoms with Gasteiger partial charge in [0.1, 0.15) is 0 Å². The highest BCUT2D eigenvalue weighted by Gasteiger charge is 2.14. The fourth-order valence-corrected chi connectivity index (χ4v) is 1.11. The van der Waals surface area contributed by atoms with Gasteiger partial charge in [-0.2, -0.15) is 0 Å². The van der Waals surface area contributed by atoms with Crippen molar-refractivity contribution in [3.8, 4) is 0 Å². The molecule has 0 saturated heterocycles. The van der Waals surface area contributed by atoms with Crippen LogP contribution in [-0.4, -0.2) is 24.2 Å². The molecule has 0 aromatic carbocycles. The fraction of sp³-hybridized carbons (Fsp3) is 0.200. The van der Waals surface area contributed by atoms with Gasteiger partial charge in [0, 0.05) is 18.1 Å². The van der Waals surface area contributed by atoms with E-state index in [4.69, 9.17) is 5.11 Å². The van der Waals surface area contributed by atoms with E-state index in [1.54, 1.807) is 12.2 Å². The zero-order valence-corrected chi connectivity index (χ0v) is 7.69. The number of allylic oxidation sites excluding steroid dienone is 4. The van der Waals surface area contributed by atoms with Crippen LogP contribution in [-0.2, 0) is 14.3 Å². The van der Waals surface area contributed by atoms with Crippen LogP contribution < -0.4 is 0 Å². The number of carboxylic acid groups (broad SMARTS) is 1. The Morgan fingerprint density at radius 1 is 1.50 bits per heavy atom. The van der Waals surface area contributed by atoms with Crippen molar-refractivity contribution in [1.82, 2.24) is 0 Å². The van der Waals surface area contributed by atoms with Gasteiger partial charge in [-0.25, -0.2) is 9.59 Å². The first-order valence-corrected chi connectivity index (χ1v) is 4.02. The summed E-state index contributed by atoms with van der Waals surface area (Å²) < 4.78 is 4.53. The lowest BCUT2D eigenvalue weighted by Crippen LogP contribution is -2.02. The monoisotopic (exact) mass is 194 g/mol. The number of rotatable bonds is 3. The molecule has 14 heavy (non-hydrogen) atoms. The molecule has 1 aliphatic carbocycles. The van der Waals surface area contributed by atoms with Crippen LogP contribution in [0.3, 0.4) is 0 Å². The Bertz CT molecular complexity index is 347. The number of hydrogen-bond acceptors (Lipinski definition) is 3. The average Bonchev–Trinajstić information content (AvgIpc) is 2.62. The van der Waals surface area contributed by atoms with Crippen molar-refractivity contribution in [2.24, 2.45) is 0 Å².